The SMILES string of the molecule is C1=CC(c2ccc(CCc3cccc(-c4ccccc4)c3)cc2)[C@@H]2Sc3ccccc3C2=C1. The van der Waals surface area contributed by atoms with Crippen LogP contribution < -0.4 is 0 Å². The lowest BCUT2D eigenvalue weighted by Gasteiger charge is -2.24. The first-order valence-corrected chi connectivity index (χ1v) is 12.6. The molecule has 160 valence electrons. The summed E-state index contributed by atoms with van der Waals surface area (Å²) in [4.78, 5) is 1.41. The molecule has 0 spiro atoms. The highest BCUT2D eigenvalue weighted by Gasteiger charge is 2.34. The third kappa shape index (κ3) is 4.10. The van der Waals surface area contributed by atoms with Gasteiger partial charge < -0.3 is 0 Å². The van der Waals surface area contributed by atoms with E-state index in [9.17, 15) is 0 Å². The lowest BCUT2D eigenvalue weighted by atomic mass is 9.85. The molecule has 1 aliphatic carbocycles. The number of fused-ring (bicyclic) bond motifs is 3. The van der Waals surface area contributed by atoms with Gasteiger partial charge in [0.25, 0.3) is 0 Å². The Kier molecular flexibility index (Phi) is 5.49. The highest BCUT2D eigenvalue weighted by molar-refractivity contribution is 8.01. The van der Waals surface area contributed by atoms with E-state index in [-0.39, 0.29) is 0 Å². The number of hydrogen-bond acceptors (Lipinski definition) is 1. The van der Waals surface area contributed by atoms with Crippen LogP contribution in [0.4, 0.5) is 0 Å². The van der Waals surface area contributed by atoms with Crippen molar-refractivity contribution in [1.82, 2.24) is 0 Å². The zero-order valence-electron chi connectivity index (χ0n) is 18.5. The van der Waals surface area contributed by atoms with Gasteiger partial charge in [-0.3, -0.25) is 0 Å². The first kappa shape index (κ1) is 20.3. The Morgan fingerprint density at radius 3 is 2.27 bits per heavy atom. The van der Waals surface area contributed by atoms with E-state index in [0.29, 0.717) is 11.2 Å². The molecule has 0 N–H and O–H groups in total. The summed E-state index contributed by atoms with van der Waals surface area (Å²) in [5, 5.41) is 0.485. The summed E-state index contributed by atoms with van der Waals surface area (Å²) in [7, 11) is 0. The zero-order chi connectivity index (χ0) is 22.0. The van der Waals surface area contributed by atoms with E-state index in [1.807, 2.05) is 11.8 Å². The first-order chi connectivity index (χ1) is 16.3. The standard InChI is InChI=1S/C32H26S/c1-2-9-25(10-3-1)27-11-6-8-24(22-27)17-16-23-18-20-26(21-19-23)28-13-7-14-30-29-12-4-5-15-31(29)33-32(28)30/h1-15,18-22,28,32H,16-17H2/t28?,32-/m0/s1. The second-order valence-corrected chi connectivity index (χ2v) is 10.1. The second kappa shape index (κ2) is 8.92. The third-order valence-corrected chi connectivity index (χ3v) is 8.19. The van der Waals surface area contributed by atoms with E-state index in [2.05, 4.69) is 121 Å². The van der Waals surface area contributed by atoms with Crippen LogP contribution in [0.5, 0.6) is 0 Å². The molecule has 1 heterocycles. The Hall–Kier alpha value is -3.29. The normalized spacial score (nSPS) is 18.5. The predicted molar refractivity (Wildman–Crippen MR) is 142 cm³/mol. The van der Waals surface area contributed by atoms with Gasteiger partial charge in [0.05, 0.1) is 0 Å². The van der Waals surface area contributed by atoms with Gasteiger partial charge in [-0.1, -0.05) is 115 Å². The molecule has 2 atom stereocenters. The average molecular weight is 443 g/mol. The molecule has 33 heavy (non-hydrogen) atoms. The van der Waals surface area contributed by atoms with Crippen LogP contribution in [-0.4, -0.2) is 5.25 Å². The van der Waals surface area contributed by atoms with Gasteiger partial charge in [0.15, 0.2) is 0 Å². The molecule has 4 aromatic rings. The zero-order valence-corrected chi connectivity index (χ0v) is 19.3. The Morgan fingerprint density at radius 2 is 1.39 bits per heavy atom. The molecule has 1 unspecified atom stereocenters. The molecule has 0 nitrogen and oxygen atoms in total. The lowest BCUT2D eigenvalue weighted by Crippen LogP contribution is -2.14. The third-order valence-electron chi connectivity index (χ3n) is 6.78. The monoisotopic (exact) mass is 442 g/mol. The molecule has 6 rings (SSSR count). The first-order valence-electron chi connectivity index (χ1n) is 11.7. The van der Waals surface area contributed by atoms with Crippen LogP contribution in [-0.2, 0) is 12.8 Å². The fourth-order valence-electron chi connectivity index (χ4n) is 5.01. The molecule has 0 bridgehead atoms. The quantitative estimate of drug-likeness (QED) is 0.299. The van der Waals surface area contributed by atoms with Crippen molar-refractivity contribution in [3.8, 4) is 11.1 Å². The molecular formula is C32H26S. The Labute approximate surface area is 200 Å². The fourth-order valence-corrected chi connectivity index (χ4v) is 6.48. The minimum Gasteiger partial charge on any atom is -0.116 e. The number of aryl methyl sites for hydroxylation is 2. The van der Waals surface area contributed by atoms with E-state index in [4.69, 9.17) is 0 Å². The van der Waals surface area contributed by atoms with Crippen molar-refractivity contribution in [2.75, 3.05) is 0 Å². The van der Waals surface area contributed by atoms with Crippen molar-refractivity contribution < 1.29 is 0 Å². The van der Waals surface area contributed by atoms with Crippen LogP contribution in [0.3, 0.4) is 0 Å². The summed E-state index contributed by atoms with van der Waals surface area (Å²) in [6.07, 6.45) is 9.04. The van der Waals surface area contributed by atoms with Gasteiger partial charge in [-0.15, -0.1) is 11.8 Å². The largest absolute Gasteiger partial charge is 0.116 e. The smallest absolute Gasteiger partial charge is 0.0454 e. The van der Waals surface area contributed by atoms with Crippen LogP contribution in [0, 0.1) is 0 Å². The van der Waals surface area contributed by atoms with Gasteiger partial charge >= 0.3 is 0 Å². The van der Waals surface area contributed by atoms with Crippen molar-refractivity contribution in [2.45, 2.75) is 28.9 Å². The Balaban J connectivity index is 1.15. The molecular weight excluding hydrogens is 416 g/mol. The average Bonchev–Trinajstić information content (AvgIpc) is 3.27. The van der Waals surface area contributed by atoms with Gasteiger partial charge in [0, 0.05) is 16.1 Å². The van der Waals surface area contributed by atoms with Gasteiger partial charge in [-0.25, -0.2) is 0 Å². The highest BCUT2D eigenvalue weighted by atomic mass is 32.2. The van der Waals surface area contributed by atoms with Gasteiger partial charge in [-0.2, -0.15) is 0 Å². The van der Waals surface area contributed by atoms with Crippen LogP contribution in [0.25, 0.3) is 16.7 Å². The minimum absolute atomic E-state index is 0.430. The van der Waals surface area contributed by atoms with Crippen LogP contribution in [0.15, 0.2) is 126 Å². The van der Waals surface area contributed by atoms with Crippen LogP contribution >= 0.6 is 11.8 Å². The summed E-state index contributed by atoms with van der Waals surface area (Å²) in [5.41, 5.74) is 9.68. The van der Waals surface area contributed by atoms with E-state index in [1.165, 1.54) is 43.8 Å². The van der Waals surface area contributed by atoms with Crippen LogP contribution in [0.2, 0.25) is 0 Å². The Morgan fingerprint density at radius 1 is 0.636 bits per heavy atom. The lowest BCUT2D eigenvalue weighted by molar-refractivity contribution is 0.886. The second-order valence-electron chi connectivity index (χ2n) is 8.88. The topological polar surface area (TPSA) is 0 Å². The van der Waals surface area contributed by atoms with Gasteiger partial charge in [0.1, 0.15) is 0 Å². The molecule has 1 heteroatoms. The molecule has 0 aromatic heterocycles. The van der Waals surface area contributed by atoms with Crippen LogP contribution in [0.1, 0.15) is 28.2 Å². The van der Waals surface area contributed by atoms with E-state index in [0.717, 1.165) is 12.8 Å². The van der Waals surface area contributed by atoms with Crippen molar-refractivity contribution in [3.63, 3.8) is 0 Å². The molecule has 0 saturated heterocycles. The highest BCUT2D eigenvalue weighted by Crippen LogP contribution is 2.52. The van der Waals surface area contributed by atoms with Crippen molar-refractivity contribution in [1.29, 1.82) is 0 Å². The summed E-state index contributed by atoms with van der Waals surface area (Å²) < 4.78 is 0. The maximum atomic E-state index is 2.37. The van der Waals surface area contributed by atoms with E-state index in [1.54, 1.807) is 0 Å². The number of allylic oxidation sites excluding steroid dienone is 3. The summed E-state index contributed by atoms with van der Waals surface area (Å²) in [5.74, 6) is 0.430. The summed E-state index contributed by atoms with van der Waals surface area (Å²) in [6, 6.07) is 37.8. The van der Waals surface area contributed by atoms with Crippen molar-refractivity contribution >= 4 is 17.3 Å². The fraction of sp³-hybridized carbons (Fsp3) is 0.125. The minimum atomic E-state index is 0.430. The van der Waals surface area contributed by atoms with Crippen molar-refractivity contribution in [2.24, 2.45) is 0 Å². The number of hydrogen-bond donors (Lipinski definition) is 0. The van der Waals surface area contributed by atoms with Gasteiger partial charge in [0.2, 0.25) is 0 Å². The molecule has 4 aromatic carbocycles. The predicted octanol–water partition coefficient (Wildman–Crippen LogP) is 8.35. The molecule has 0 radical (unpaired) electrons. The van der Waals surface area contributed by atoms with E-state index >= 15 is 0 Å². The molecule has 0 saturated carbocycles. The molecule has 2 aliphatic rings. The Bertz CT molecular complexity index is 1330. The molecule has 0 fully saturated rings. The number of rotatable bonds is 5. The van der Waals surface area contributed by atoms with Crippen molar-refractivity contribution in [3.05, 3.63) is 144 Å². The number of thioether (sulfide) groups is 1. The van der Waals surface area contributed by atoms with E-state index < -0.39 is 0 Å². The number of benzene rings is 4. The maximum Gasteiger partial charge on any atom is 0.0454 e. The van der Waals surface area contributed by atoms with Gasteiger partial charge in [-0.05, 0) is 57.9 Å². The summed E-state index contributed by atoms with van der Waals surface area (Å²) >= 11 is 2.01. The summed E-state index contributed by atoms with van der Waals surface area (Å²) in [6.45, 7) is 0. The molecule has 0 amide bonds. The maximum absolute atomic E-state index is 2.37. The molecule has 1 aliphatic heterocycles.